The number of likely N-dealkylation sites (N-methyl/N-ethyl adjacent to an activating group) is 1. The second kappa shape index (κ2) is 7.30. The van der Waals surface area contributed by atoms with E-state index < -0.39 is 0 Å². The highest BCUT2D eigenvalue weighted by Crippen LogP contribution is 2.35. The molecule has 0 radical (unpaired) electrons. The van der Waals surface area contributed by atoms with Gasteiger partial charge in [-0.1, -0.05) is 0 Å². The number of nitrogens with zero attached hydrogens (tertiary/aromatic N) is 1. The number of hydrogen-bond donors (Lipinski definition) is 2. The van der Waals surface area contributed by atoms with Gasteiger partial charge in [0, 0.05) is 18.7 Å². The van der Waals surface area contributed by atoms with Crippen LogP contribution in [-0.4, -0.2) is 44.8 Å². The summed E-state index contributed by atoms with van der Waals surface area (Å²) in [6.45, 7) is 2.70. The second-order valence-electron chi connectivity index (χ2n) is 6.63. The first-order chi connectivity index (χ1) is 13.5. The van der Waals surface area contributed by atoms with Gasteiger partial charge in [0.2, 0.25) is 12.7 Å². The van der Waals surface area contributed by atoms with Crippen LogP contribution in [0.1, 0.15) is 17.3 Å². The Kier molecular flexibility index (Phi) is 4.68. The number of fused-ring (bicyclic) bond motifs is 2. The first-order valence-corrected chi connectivity index (χ1v) is 9.01. The fourth-order valence-electron chi connectivity index (χ4n) is 3.11. The topological polar surface area (TPSA) is 89.1 Å². The molecule has 8 nitrogen and oxygen atoms in total. The third-order valence-corrected chi connectivity index (χ3v) is 4.86. The van der Waals surface area contributed by atoms with Crippen LogP contribution in [0.2, 0.25) is 0 Å². The first kappa shape index (κ1) is 18.0. The largest absolute Gasteiger partial charge is 0.492 e. The lowest BCUT2D eigenvalue weighted by Crippen LogP contribution is -2.44. The number of benzene rings is 2. The lowest BCUT2D eigenvalue weighted by molar-refractivity contribution is -0.117. The zero-order chi connectivity index (χ0) is 19.7. The summed E-state index contributed by atoms with van der Waals surface area (Å²) < 4.78 is 16.2. The van der Waals surface area contributed by atoms with Crippen molar-refractivity contribution in [2.45, 2.75) is 13.0 Å². The van der Waals surface area contributed by atoms with E-state index in [1.165, 1.54) is 0 Å². The zero-order valence-electron chi connectivity index (χ0n) is 15.7. The van der Waals surface area contributed by atoms with Crippen LogP contribution >= 0.6 is 0 Å². The minimum absolute atomic E-state index is 0.0929. The molecule has 2 heterocycles. The van der Waals surface area contributed by atoms with Gasteiger partial charge >= 0.3 is 0 Å². The Morgan fingerprint density at radius 1 is 1.25 bits per heavy atom. The Morgan fingerprint density at radius 3 is 2.93 bits per heavy atom. The standard InChI is InChI=1S/C20H21N3O5/c1-12-19(24)22-15-9-13(3-5-16(15)23(12)2)20(25)21-7-8-26-14-4-6-17-18(10-14)28-11-27-17/h3-6,9-10,12H,7-8,11H2,1-2H3,(H,21,25)(H,22,24). The van der Waals surface area contributed by atoms with Crippen molar-refractivity contribution in [3.63, 3.8) is 0 Å². The van der Waals surface area contributed by atoms with Crippen molar-refractivity contribution in [3.05, 3.63) is 42.0 Å². The van der Waals surface area contributed by atoms with Crippen molar-refractivity contribution in [1.82, 2.24) is 5.32 Å². The number of rotatable bonds is 5. The average Bonchev–Trinajstić information content (AvgIpc) is 3.17. The monoisotopic (exact) mass is 383 g/mol. The molecule has 2 aromatic carbocycles. The van der Waals surface area contributed by atoms with Gasteiger partial charge in [0.1, 0.15) is 18.4 Å². The van der Waals surface area contributed by atoms with E-state index in [1.54, 1.807) is 30.3 Å². The molecular weight excluding hydrogens is 362 g/mol. The number of carbonyl (C=O) groups is 2. The fourth-order valence-corrected chi connectivity index (χ4v) is 3.11. The van der Waals surface area contributed by atoms with Gasteiger partial charge in [-0.15, -0.1) is 0 Å². The van der Waals surface area contributed by atoms with Crippen LogP contribution in [0.15, 0.2) is 36.4 Å². The van der Waals surface area contributed by atoms with Crippen LogP contribution in [-0.2, 0) is 4.79 Å². The van der Waals surface area contributed by atoms with Crippen molar-refractivity contribution < 1.29 is 23.8 Å². The zero-order valence-corrected chi connectivity index (χ0v) is 15.7. The Hall–Kier alpha value is -3.42. The molecule has 0 fully saturated rings. The molecule has 8 heteroatoms. The molecule has 146 valence electrons. The van der Waals surface area contributed by atoms with Crippen molar-refractivity contribution in [3.8, 4) is 17.2 Å². The predicted octanol–water partition coefficient (Wildman–Crippen LogP) is 2.00. The van der Waals surface area contributed by atoms with Gasteiger partial charge in [0.05, 0.1) is 17.9 Å². The van der Waals surface area contributed by atoms with Gasteiger partial charge in [-0.25, -0.2) is 0 Å². The number of amides is 2. The van der Waals surface area contributed by atoms with Crippen molar-refractivity contribution in [2.24, 2.45) is 0 Å². The van der Waals surface area contributed by atoms with Gasteiger partial charge in [0.15, 0.2) is 11.5 Å². The summed E-state index contributed by atoms with van der Waals surface area (Å²) in [6, 6.07) is 10.4. The molecule has 0 spiro atoms. The SMILES string of the molecule is CC1C(=O)Nc2cc(C(=O)NCCOc3ccc4c(c3)OCO4)ccc2N1C. The Balaban J connectivity index is 1.32. The van der Waals surface area contributed by atoms with Gasteiger partial charge in [-0.3, -0.25) is 9.59 Å². The maximum atomic E-state index is 12.4. The van der Waals surface area contributed by atoms with Crippen molar-refractivity contribution in [2.75, 3.05) is 37.2 Å². The molecule has 1 atom stereocenters. The summed E-state index contributed by atoms with van der Waals surface area (Å²) in [7, 11) is 1.86. The van der Waals surface area contributed by atoms with E-state index in [0.29, 0.717) is 41.7 Å². The molecule has 2 N–H and O–H groups in total. The van der Waals surface area contributed by atoms with Crippen molar-refractivity contribution in [1.29, 1.82) is 0 Å². The second-order valence-corrected chi connectivity index (χ2v) is 6.63. The third-order valence-electron chi connectivity index (χ3n) is 4.86. The van der Waals surface area contributed by atoms with Crippen LogP contribution in [0.3, 0.4) is 0 Å². The van der Waals surface area contributed by atoms with E-state index in [1.807, 2.05) is 24.9 Å². The van der Waals surface area contributed by atoms with Crippen LogP contribution in [0, 0.1) is 0 Å². The number of hydrogen-bond acceptors (Lipinski definition) is 6. The van der Waals surface area contributed by atoms with E-state index in [0.717, 1.165) is 5.69 Å². The number of ether oxygens (including phenoxy) is 3. The highest BCUT2D eigenvalue weighted by Gasteiger charge is 2.27. The fraction of sp³-hybridized carbons (Fsp3) is 0.300. The van der Waals surface area contributed by atoms with Gasteiger partial charge in [-0.05, 0) is 37.3 Å². The third kappa shape index (κ3) is 3.40. The Morgan fingerprint density at radius 2 is 2.07 bits per heavy atom. The molecule has 1 unspecified atom stereocenters. The number of carbonyl (C=O) groups excluding carboxylic acids is 2. The van der Waals surface area contributed by atoms with E-state index in [4.69, 9.17) is 14.2 Å². The molecule has 0 aliphatic carbocycles. The minimum atomic E-state index is -0.250. The molecule has 0 saturated heterocycles. The molecule has 4 rings (SSSR count). The van der Waals surface area contributed by atoms with E-state index in [-0.39, 0.29) is 24.6 Å². The van der Waals surface area contributed by atoms with Crippen molar-refractivity contribution >= 4 is 23.2 Å². The Labute approximate surface area is 162 Å². The molecule has 2 amide bonds. The summed E-state index contributed by atoms with van der Waals surface area (Å²) in [6.07, 6.45) is 0. The molecule has 0 bridgehead atoms. The van der Waals surface area contributed by atoms with E-state index in [9.17, 15) is 9.59 Å². The minimum Gasteiger partial charge on any atom is -0.492 e. The predicted molar refractivity (Wildman–Crippen MR) is 103 cm³/mol. The number of anilines is 2. The molecule has 28 heavy (non-hydrogen) atoms. The van der Waals surface area contributed by atoms with Crippen LogP contribution in [0.25, 0.3) is 0 Å². The van der Waals surface area contributed by atoms with Crippen LogP contribution in [0.5, 0.6) is 17.2 Å². The van der Waals surface area contributed by atoms with Gasteiger partial charge in [0.25, 0.3) is 5.91 Å². The normalized spacial score (nSPS) is 17.0. The summed E-state index contributed by atoms with van der Waals surface area (Å²) >= 11 is 0. The summed E-state index contributed by atoms with van der Waals surface area (Å²) in [4.78, 5) is 26.3. The lowest BCUT2D eigenvalue weighted by Gasteiger charge is -2.33. The van der Waals surface area contributed by atoms with E-state index >= 15 is 0 Å². The number of nitrogens with one attached hydrogen (secondary N) is 2. The lowest BCUT2D eigenvalue weighted by atomic mass is 10.1. The van der Waals surface area contributed by atoms with Crippen LogP contribution in [0.4, 0.5) is 11.4 Å². The average molecular weight is 383 g/mol. The molecular formula is C20H21N3O5. The molecule has 2 aromatic rings. The smallest absolute Gasteiger partial charge is 0.251 e. The molecule has 2 aliphatic heterocycles. The Bertz CT molecular complexity index is 930. The summed E-state index contributed by atoms with van der Waals surface area (Å²) in [5.41, 5.74) is 2.00. The molecule has 2 aliphatic rings. The summed E-state index contributed by atoms with van der Waals surface area (Å²) in [5, 5.41) is 5.65. The van der Waals surface area contributed by atoms with Gasteiger partial charge in [-0.2, -0.15) is 0 Å². The maximum absolute atomic E-state index is 12.4. The summed E-state index contributed by atoms with van der Waals surface area (Å²) in [5.74, 6) is 1.67. The molecule has 0 aromatic heterocycles. The molecule has 0 saturated carbocycles. The highest BCUT2D eigenvalue weighted by atomic mass is 16.7. The maximum Gasteiger partial charge on any atom is 0.251 e. The highest BCUT2D eigenvalue weighted by molar-refractivity contribution is 6.05. The van der Waals surface area contributed by atoms with Gasteiger partial charge < -0.3 is 29.7 Å². The first-order valence-electron chi connectivity index (χ1n) is 9.01. The quantitative estimate of drug-likeness (QED) is 0.768. The van der Waals surface area contributed by atoms with Crippen LogP contribution < -0.4 is 29.7 Å². The van der Waals surface area contributed by atoms with E-state index in [2.05, 4.69) is 10.6 Å².